The maximum Gasteiger partial charge on any atom is 0.343 e. The van der Waals surface area contributed by atoms with Crippen LogP contribution in [-0.4, -0.2) is 33.1 Å². The lowest BCUT2D eigenvalue weighted by Gasteiger charge is -2.14. The number of carbonyl (C=O) groups is 2. The van der Waals surface area contributed by atoms with Crippen molar-refractivity contribution in [3.05, 3.63) is 94.8 Å². The van der Waals surface area contributed by atoms with Crippen LogP contribution in [0.2, 0.25) is 0 Å². The minimum Gasteiger partial charge on any atom is -0.493 e. The second kappa shape index (κ2) is 10.2. The SMILES string of the molecule is COc1cc(C(=O)Oc2ccc3c(c2C)O/C(=C\C=C\c2ccccc2)C3=O)cc(OC)c1OC. The molecule has 178 valence electrons. The van der Waals surface area contributed by atoms with Gasteiger partial charge in [-0.05, 0) is 42.8 Å². The van der Waals surface area contributed by atoms with Crippen molar-refractivity contribution in [2.45, 2.75) is 6.92 Å². The molecule has 0 saturated carbocycles. The Balaban J connectivity index is 1.56. The number of hydrogen-bond acceptors (Lipinski definition) is 7. The molecule has 4 rings (SSSR count). The van der Waals surface area contributed by atoms with Crippen molar-refractivity contribution in [2.75, 3.05) is 21.3 Å². The molecule has 0 bridgehead atoms. The summed E-state index contributed by atoms with van der Waals surface area (Å²) in [6.07, 6.45) is 5.26. The summed E-state index contributed by atoms with van der Waals surface area (Å²) in [5.74, 6) is 1.01. The van der Waals surface area contributed by atoms with Crippen molar-refractivity contribution in [1.82, 2.24) is 0 Å². The van der Waals surface area contributed by atoms with Crippen LogP contribution in [-0.2, 0) is 0 Å². The molecule has 0 atom stereocenters. The zero-order chi connectivity index (χ0) is 24.9. The summed E-state index contributed by atoms with van der Waals surface area (Å²) in [7, 11) is 4.41. The highest BCUT2D eigenvalue weighted by molar-refractivity contribution is 6.13. The summed E-state index contributed by atoms with van der Waals surface area (Å²) < 4.78 is 27.4. The molecule has 1 aliphatic rings. The summed E-state index contributed by atoms with van der Waals surface area (Å²) in [5, 5.41) is 0. The number of fused-ring (bicyclic) bond motifs is 1. The summed E-state index contributed by atoms with van der Waals surface area (Å²) in [5.41, 5.74) is 2.16. The lowest BCUT2D eigenvalue weighted by molar-refractivity contribution is 0.0732. The fraction of sp³-hybridized carbons (Fsp3) is 0.143. The first-order valence-electron chi connectivity index (χ1n) is 10.8. The average molecular weight is 472 g/mol. The van der Waals surface area contributed by atoms with E-state index in [1.807, 2.05) is 36.4 Å². The first-order chi connectivity index (χ1) is 17.0. The molecule has 0 unspecified atom stereocenters. The number of Topliss-reactive ketones (excluding diaryl/α,β-unsaturated/α-hetero) is 1. The van der Waals surface area contributed by atoms with E-state index in [0.29, 0.717) is 34.1 Å². The molecule has 0 N–H and O–H groups in total. The summed E-state index contributed by atoms with van der Waals surface area (Å²) >= 11 is 0. The van der Waals surface area contributed by atoms with Crippen molar-refractivity contribution in [3.8, 4) is 28.7 Å². The third-order valence-corrected chi connectivity index (χ3v) is 5.48. The number of allylic oxidation sites excluding steroid dienone is 3. The van der Waals surface area contributed by atoms with Gasteiger partial charge in [-0.1, -0.05) is 42.5 Å². The maximum atomic E-state index is 12.9. The Morgan fingerprint density at radius 2 is 1.57 bits per heavy atom. The highest BCUT2D eigenvalue weighted by Crippen LogP contribution is 2.40. The molecule has 7 nitrogen and oxygen atoms in total. The van der Waals surface area contributed by atoms with Gasteiger partial charge in [-0.25, -0.2) is 4.79 Å². The topological polar surface area (TPSA) is 80.3 Å². The predicted octanol–water partition coefficient (Wildman–Crippen LogP) is 5.41. The molecule has 0 radical (unpaired) electrons. The largest absolute Gasteiger partial charge is 0.493 e. The third kappa shape index (κ3) is 4.75. The Hall–Kier alpha value is -4.52. The number of carbonyl (C=O) groups excluding carboxylic acids is 2. The van der Waals surface area contributed by atoms with Crippen LogP contribution in [0.15, 0.2) is 72.5 Å². The molecule has 0 aliphatic carbocycles. The third-order valence-electron chi connectivity index (χ3n) is 5.48. The lowest BCUT2D eigenvalue weighted by Crippen LogP contribution is -2.10. The highest BCUT2D eigenvalue weighted by atomic mass is 16.5. The fourth-order valence-electron chi connectivity index (χ4n) is 3.66. The Morgan fingerprint density at radius 1 is 0.886 bits per heavy atom. The molecule has 0 amide bonds. The molecule has 7 heteroatoms. The van der Waals surface area contributed by atoms with Gasteiger partial charge in [0.2, 0.25) is 11.5 Å². The number of ketones is 1. The van der Waals surface area contributed by atoms with Crippen molar-refractivity contribution in [2.24, 2.45) is 0 Å². The van der Waals surface area contributed by atoms with Crippen molar-refractivity contribution in [3.63, 3.8) is 0 Å². The molecule has 0 saturated heterocycles. The van der Waals surface area contributed by atoms with Crippen LogP contribution in [0.25, 0.3) is 6.08 Å². The molecule has 0 fully saturated rings. The molecule has 0 aromatic heterocycles. The van der Waals surface area contributed by atoms with Gasteiger partial charge in [0.25, 0.3) is 0 Å². The van der Waals surface area contributed by atoms with Crippen LogP contribution < -0.4 is 23.7 Å². The first-order valence-corrected chi connectivity index (χ1v) is 10.8. The zero-order valence-electron chi connectivity index (χ0n) is 19.8. The number of esters is 1. The van der Waals surface area contributed by atoms with Gasteiger partial charge in [0, 0.05) is 5.56 Å². The van der Waals surface area contributed by atoms with E-state index in [9.17, 15) is 9.59 Å². The number of methoxy groups -OCH3 is 3. The minimum atomic E-state index is -0.627. The van der Waals surface area contributed by atoms with Gasteiger partial charge in [-0.3, -0.25) is 4.79 Å². The van der Waals surface area contributed by atoms with Crippen LogP contribution in [0, 0.1) is 6.92 Å². The maximum absolute atomic E-state index is 12.9. The van der Waals surface area contributed by atoms with Crippen molar-refractivity contribution in [1.29, 1.82) is 0 Å². The molecule has 1 aliphatic heterocycles. The van der Waals surface area contributed by atoms with Crippen LogP contribution >= 0.6 is 0 Å². The van der Waals surface area contributed by atoms with Crippen molar-refractivity contribution >= 4 is 17.8 Å². The summed E-state index contributed by atoms with van der Waals surface area (Å²) in [4.78, 5) is 25.7. The summed E-state index contributed by atoms with van der Waals surface area (Å²) in [6, 6.07) is 15.9. The molecular formula is C28H24O7. The lowest BCUT2D eigenvalue weighted by atomic mass is 10.1. The van der Waals surface area contributed by atoms with Crippen LogP contribution in [0.4, 0.5) is 0 Å². The van der Waals surface area contributed by atoms with E-state index in [1.165, 1.54) is 33.5 Å². The van der Waals surface area contributed by atoms with Gasteiger partial charge in [0.15, 0.2) is 17.3 Å². The van der Waals surface area contributed by atoms with E-state index < -0.39 is 5.97 Å². The van der Waals surface area contributed by atoms with E-state index in [-0.39, 0.29) is 22.9 Å². The van der Waals surface area contributed by atoms with Crippen LogP contribution in [0.5, 0.6) is 28.7 Å². The van der Waals surface area contributed by atoms with Gasteiger partial charge < -0.3 is 23.7 Å². The normalized spacial score (nSPS) is 13.5. The zero-order valence-corrected chi connectivity index (χ0v) is 19.8. The Kier molecular flexibility index (Phi) is 6.87. The van der Waals surface area contributed by atoms with Crippen molar-refractivity contribution < 1.29 is 33.3 Å². The van der Waals surface area contributed by atoms with E-state index in [0.717, 1.165) is 5.56 Å². The molecule has 1 heterocycles. The number of benzene rings is 3. The second-order valence-corrected chi connectivity index (χ2v) is 7.60. The number of hydrogen-bond donors (Lipinski definition) is 0. The Labute approximate surface area is 203 Å². The predicted molar refractivity (Wildman–Crippen MR) is 131 cm³/mol. The molecule has 3 aromatic rings. The Bertz CT molecular complexity index is 1310. The smallest absolute Gasteiger partial charge is 0.343 e. The first kappa shape index (κ1) is 23.6. The molecule has 0 spiro atoms. The molecular weight excluding hydrogens is 448 g/mol. The van der Waals surface area contributed by atoms with Crippen LogP contribution in [0.1, 0.15) is 31.8 Å². The minimum absolute atomic E-state index is 0.198. The summed E-state index contributed by atoms with van der Waals surface area (Å²) in [6.45, 7) is 1.73. The fourth-order valence-corrected chi connectivity index (χ4v) is 3.66. The van der Waals surface area contributed by atoms with Gasteiger partial charge >= 0.3 is 5.97 Å². The average Bonchev–Trinajstić information content (AvgIpc) is 3.21. The van der Waals surface area contributed by atoms with E-state index in [2.05, 4.69) is 0 Å². The molecule has 3 aromatic carbocycles. The quantitative estimate of drug-likeness (QED) is 0.258. The van der Waals surface area contributed by atoms with Gasteiger partial charge in [0.05, 0.1) is 32.5 Å². The van der Waals surface area contributed by atoms with Crippen LogP contribution in [0.3, 0.4) is 0 Å². The molecule has 35 heavy (non-hydrogen) atoms. The number of rotatable bonds is 7. The second-order valence-electron chi connectivity index (χ2n) is 7.60. The van der Waals surface area contributed by atoms with Gasteiger partial charge in [-0.2, -0.15) is 0 Å². The monoisotopic (exact) mass is 472 g/mol. The van der Waals surface area contributed by atoms with Gasteiger partial charge in [0.1, 0.15) is 11.5 Å². The van der Waals surface area contributed by atoms with E-state index >= 15 is 0 Å². The highest BCUT2D eigenvalue weighted by Gasteiger charge is 2.30. The number of ether oxygens (including phenoxy) is 5. The van der Waals surface area contributed by atoms with Gasteiger partial charge in [-0.15, -0.1) is 0 Å². The van der Waals surface area contributed by atoms with E-state index in [1.54, 1.807) is 31.2 Å². The standard InChI is InChI=1S/C28H24O7/c1-17-21(35-28(30)19-15-23(31-2)27(33-4)24(16-19)32-3)14-13-20-25(29)22(34-26(17)20)12-8-11-18-9-6-5-7-10-18/h5-16H,1-4H3/b11-8+,22-12-. The Morgan fingerprint density at radius 3 is 2.20 bits per heavy atom. The van der Waals surface area contributed by atoms with E-state index in [4.69, 9.17) is 23.7 Å².